The lowest BCUT2D eigenvalue weighted by molar-refractivity contribution is -0.117. The van der Waals surface area contributed by atoms with Crippen molar-refractivity contribution in [2.45, 2.75) is 6.54 Å². The number of carbonyl (C=O) groups is 1. The molecule has 7 heteroatoms. The number of rotatable bonds is 5. The van der Waals surface area contributed by atoms with Gasteiger partial charge in [0.25, 0.3) is 0 Å². The molecule has 1 fully saturated rings. The van der Waals surface area contributed by atoms with Gasteiger partial charge in [0.1, 0.15) is 5.82 Å². The van der Waals surface area contributed by atoms with Crippen LogP contribution in [-0.4, -0.2) is 48.4 Å². The maximum atomic E-state index is 12.9. The fraction of sp³-hybridized carbons (Fsp3) is 0.353. The maximum absolute atomic E-state index is 12.9. The Labute approximate surface area is 149 Å². The van der Waals surface area contributed by atoms with Gasteiger partial charge in [-0.05, 0) is 36.4 Å². The highest BCUT2D eigenvalue weighted by Crippen LogP contribution is 2.23. The van der Waals surface area contributed by atoms with E-state index in [0.717, 1.165) is 37.1 Å². The van der Waals surface area contributed by atoms with E-state index in [0.29, 0.717) is 12.2 Å². The van der Waals surface area contributed by atoms with Crippen LogP contribution >= 0.6 is 22.9 Å². The van der Waals surface area contributed by atoms with Crippen molar-refractivity contribution >= 4 is 34.5 Å². The van der Waals surface area contributed by atoms with Crippen LogP contribution in [0.5, 0.6) is 0 Å². The molecule has 1 aromatic carbocycles. The van der Waals surface area contributed by atoms with E-state index in [1.54, 1.807) is 23.5 Å². The average Bonchev–Trinajstić information content (AvgIpc) is 2.96. The van der Waals surface area contributed by atoms with Crippen molar-refractivity contribution in [3.8, 4) is 0 Å². The molecular weight excluding hydrogens is 349 g/mol. The van der Waals surface area contributed by atoms with E-state index >= 15 is 0 Å². The van der Waals surface area contributed by atoms with Gasteiger partial charge in [0.05, 0.1) is 10.9 Å². The SMILES string of the molecule is O=C(CN1CCN(Cc2ccc(Cl)s2)CC1)Nc1ccc(F)cc1. The highest BCUT2D eigenvalue weighted by molar-refractivity contribution is 7.16. The van der Waals surface area contributed by atoms with Crippen LogP contribution in [0.15, 0.2) is 36.4 Å². The Morgan fingerprint density at radius 3 is 2.38 bits per heavy atom. The first kappa shape index (κ1) is 17.4. The molecule has 1 amide bonds. The fourth-order valence-electron chi connectivity index (χ4n) is 2.70. The van der Waals surface area contributed by atoms with E-state index in [4.69, 9.17) is 11.6 Å². The third-order valence-corrected chi connectivity index (χ3v) is 5.18. The molecule has 1 N–H and O–H groups in total. The van der Waals surface area contributed by atoms with E-state index < -0.39 is 0 Å². The molecule has 0 spiro atoms. The van der Waals surface area contributed by atoms with E-state index in [1.165, 1.54) is 17.0 Å². The number of anilines is 1. The minimum atomic E-state index is -0.309. The summed E-state index contributed by atoms with van der Waals surface area (Å²) in [5.41, 5.74) is 0.620. The van der Waals surface area contributed by atoms with Crippen molar-refractivity contribution in [2.24, 2.45) is 0 Å². The molecule has 3 rings (SSSR count). The van der Waals surface area contributed by atoms with Crippen molar-refractivity contribution in [1.82, 2.24) is 9.80 Å². The van der Waals surface area contributed by atoms with Crippen LogP contribution in [0.2, 0.25) is 4.34 Å². The highest BCUT2D eigenvalue weighted by Gasteiger charge is 2.19. The van der Waals surface area contributed by atoms with Crippen molar-refractivity contribution in [3.05, 3.63) is 51.4 Å². The van der Waals surface area contributed by atoms with E-state index in [1.807, 2.05) is 6.07 Å². The monoisotopic (exact) mass is 367 g/mol. The lowest BCUT2D eigenvalue weighted by Gasteiger charge is -2.34. The molecule has 1 aliphatic rings. The summed E-state index contributed by atoms with van der Waals surface area (Å²) in [7, 11) is 0. The lowest BCUT2D eigenvalue weighted by Crippen LogP contribution is -2.48. The Morgan fingerprint density at radius 1 is 1.08 bits per heavy atom. The molecule has 1 aromatic heterocycles. The molecule has 1 saturated heterocycles. The van der Waals surface area contributed by atoms with Gasteiger partial charge in [-0.25, -0.2) is 4.39 Å². The third kappa shape index (κ3) is 5.01. The van der Waals surface area contributed by atoms with Gasteiger partial charge in [-0.1, -0.05) is 11.6 Å². The van der Waals surface area contributed by atoms with Gasteiger partial charge in [-0.3, -0.25) is 14.6 Å². The summed E-state index contributed by atoms with van der Waals surface area (Å²) in [5, 5.41) is 2.80. The summed E-state index contributed by atoms with van der Waals surface area (Å²) in [6.07, 6.45) is 0. The van der Waals surface area contributed by atoms with Crippen molar-refractivity contribution in [3.63, 3.8) is 0 Å². The molecule has 0 unspecified atom stereocenters. The summed E-state index contributed by atoms with van der Waals surface area (Å²) in [5.74, 6) is -0.378. The number of benzene rings is 1. The fourth-order valence-corrected chi connectivity index (χ4v) is 3.83. The Hall–Kier alpha value is -1.47. The van der Waals surface area contributed by atoms with Crippen LogP contribution in [0, 0.1) is 5.82 Å². The lowest BCUT2D eigenvalue weighted by atomic mass is 10.3. The smallest absolute Gasteiger partial charge is 0.238 e. The molecule has 128 valence electrons. The van der Waals surface area contributed by atoms with Crippen LogP contribution in [-0.2, 0) is 11.3 Å². The predicted molar refractivity (Wildman–Crippen MR) is 96.1 cm³/mol. The van der Waals surface area contributed by atoms with Gasteiger partial charge in [0.15, 0.2) is 0 Å². The Morgan fingerprint density at radius 2 is 1.75 bits per heavy atom. The van der Waals surface area contributed by atoms with Crippen molar-refractivity contribution < 1.29 is 9.18 Å². The van der Waals surface area contributed by atoms with Crippen LogP contribution in [0.1, 0.15) is 4.88 Å². The zero-order valence-corrected chi connectivity index (χ0v) is 14.7. The van der Waals surface area contributed by atoms with E-state index in [-0.39, 0.29) is 11.7 Å². The van der Waals surface area contributed by atoms with E-state index in [9.17, 15) is 9.18 Å². The number of amides is 1. The van der Waals surface area contributed by atoms with Crippen molar-refractivity contribution in [2.75, 3.05) is 38.0 Å². The first-order chi connectivity index (χ1) is 11.6. The first-order valence-corrected chi connectivity index (χ1v) is 9.02. The van der Waals surface area contributed by atoms with E-state index in [2.05, 4.69) is 21.2 Å². The second-order valence-corrected chi connectivity index (χ2v) is 7.61. The molecule has 0 atom stereocenters. The quantitative estimate of drug-likeness (QED) is 0.880. The topological polar surface area (TPSA) is 35.6 Å². The zero-order chi connectivity index (χ0) is 16.9. The molecule has 24 heavy (non-hydrogen) atoms. The molecule has 4 nitrogen and oxygen atoms in total. The summed E-state index contributed by atoms with van der Waals surface area (Å²) < 4.78 is 13.7. The molecular formula is C17H19ClFN3OS. The van der Waals surface area contributed by atoms with Crippen LogP contribution in [0.3, 0.4) is 0 Å². The summed E-state index contributed by atoms with van der Waals surface area (Å²) >= 11 is 7.57. The maximum Gasteiger partial charge on any atom is 0.238 e. The Balaban J connectivity index is 1.41. The Kier molecular flexibility index (Phi) is 5.84. The molecule has 0 bridgehead atoms. The molecule has 1 aliphatic heterocycles. The second kappa shape index (κ2) is 8.07. The molecule has 0 saturated carbocycles. The minimum absolute atomic E-state index is 0.0694. The van der Waals surface area contributed by atoms with Gasteiger partial charge in [0, 0.05) is 43.3 Å². The summed E-state index contributed by atoms with van der Waals surface area (Å²) in [6, 6.07) is 9.80. The standard InChI is InChI=1S/C17H19ClFN3OS/c18-16-6-5-15(24-16)11-21-7-9-22(10-8-21)12-17(23)20-14-3-1-13(19)2-4-14/h1-6H,7-12H2,(H,20,23). The summed E-state index contributed by atoms with van der Waals surface area (Å²) in [6.45, 7) is 4.84. The predicted octanol–water partition coefficient (Wildman–Crippen LogP) is 3.30. The average molecular weight is 368 g/mol. The highest BCUT2D eigenvalue weighted by atomic mass is 35.5. The Bertz CT molecular complexity index is 683. The van der Waals surface area contributed by atoms with Gasteiger partial charge < -0.3 is 5.32 Å². The van der Waals surface area contributed by atoms with Gasteiger partial charge >= 0.3 is 0 Å². The summed E-state index contributed by atoms with van der Waals surface area (Å²) in [4.78, 5) is 17.8. The number of thiophene rings is 1. The third-order valence-electron chi connectivity index (χ3n) is 3.97. The number of halogens is 2. The van der Waals surface area contributed by atoms with Crippen LogP contribution in [0.4, 0.5) is 10.1 Å². The minimum Gasteiger partial charge on any atom is -0.325 e. The number of nitrogens with one attached hydrogen (secondary N) is 1. The van der Waals surface area contributed by atoms with Crippen LogP contribution in [0.25, 0.3) is 0 Å². The number of hydrogen-bond acceptors (Lipinski definition) is 4. The molecule has 0 radical (unpaired) electrons. The van der Waals surface area contributed by atoms with Crippen LogP contribution < -0.4 is 5.32 Å². The number of piperazine rings is 1. The number of carbonyl (C=O) groups excluding carboxylic acids is 1. The molecule has 2 heterocycles. The number of hydrogen-bond donors (Lipinski definition) is 1. The zero-order valence-electron chi connectivity index (χ0n) is 13.2. The van der Waals surface area contributed by atoms with Gasteiger partial charge in [0.2, 0.25) is 5.91 Å². The molecule has 0 aliphatic carbocycles. The second-order valence-electron chi connectivity index (χ2n) is 5.81. The van der Waals surface area contributed by atoms with Crippen molar-refractivity contribution in [1.29, 1.82) is 0 Å². The molecule has 2 aromatic rings. The number of nitrogens with zero attached hydrogens (tertiary/aromatic N) is 2. The van der Waals surface area contributed by atoms with Gasteiger partial charge in [-0.15, -0.1) is 11.3 Å². The largest absolute Gasteiger partial charge is 0.325 e. The van der Waals surface area contributed by atoms with Gasteiger partial charge in [-0.2, -0.15) is 0 Å². The first-order valence-electron chi connectivity index (χ1n) is 7.83. The normalized spacial score (nSPS) is 16.2.